The van der Waals surface area contributed by atoms with Gasteiger partial charge in [0.1, 0.15) is 5.82 Å². The van der Waals surface area contributed by atoms with E-state index < -0.39 is 0 Å². The molecule has 0 unspecified atom stereocenters. The van der Waals surface area contributed by atoms with Crippen molar-refractivity contribution in [2.24, 2.45) is 0 Å². The molecule has 2 aromatic heterocycles. The molecule has 1 aromatic carbocycles. The maximum absolute atomic E-state index is 4.76. The number of hydrogen-bond donors (Lipinski definition) is 1. The normalized spacial score (nSPS) is 13.7. The zero-order valence-corrected chi connectivity index (χ0v) is 12.0. The molecule has 1 N–H and O–H groups in total. The van der Waals surface area contributed by atoms with Gasteiger partial charge in [-0.3, -0.25) is 0 Å². The number of rotatable bonds is 3. The van der Waals surface area contributed by atoms with Crippen LogP contribution in [-0.2, 0) is 13.1 Å². The molecule has 1 aliphatic rings. The summed E-state index contributed by atoms with van der Waals surface area (Å²) in [6.45, 7) is 4.71. The van der Waals surface area contributed by atoms with E-state index in [0.717, 1.165) is 36.9 Å². The third-order valence-corrected chi connectivity index (χ3v) is 3.85. The molecule has 0 bridgehead atoms. The van der Waals surface area contributed by atoms with Crippen molar-refractivity contribution < 1.29 is 0 Å². The Kier molecular flexibility index (Phi) is 2.77. The van der Waals surface area contributed by atoms with Crippen LogP contribution in [-0.4, -0.2) is 20.9 Å². The van der Waals surface area contributed by atoms with Crippen LogP contribution in [0.15, 0.2) is 42.9 Å². The van der Waals surface area contributed by atoms with Crippen molar-refractivity contribution >= 4 is 17.3 Å². The summed E-state index contributed by atoms with van der Waals surface area (Å²) in [5.41, 5.74) is 3.65. The predicted molar refractivity (Wildman–Crippen MR) is 83.5 cm³/mol. The summed E-state index contributed by atoms with van der Waals surface area (Å²) in [5.74, 6) is 1.82. The van der Waals surface area contributed by atoms with Crippen LogP contribution in [0.25, 0.3) is 5.65 Å². The van der Waals surface area contributed by atoms with Crippen LogP contribution in [0, 0.1) is 0 Å². The summed E-state index contributed by atoms with van der Waals surface area (Å²) < 4.78 is 2.03. The SMILES string of the molecule is CCNc1cn2ccnc2c(N2Cc3ccccc3C2)n1. The minimum Gasteiger partial charge on any atom is -0.369 e. The molecule has 0 saturated heterocycles. The van der Waals surface area contributed by atoms with Crippen molar-refractivity contribution in [3.63, 3.8) is 0 Å². The first-order valence-corrected chi connectivity index (χ1v) is 7.24. The van der Waals surface area contributed by atoms with Gasteiger partial charge in [0.15, 0.2) is 11.5 Å². The topological polar surface area (TPSA) is 45.5 Å². The van der Waals surface area contributed by atoms with Gasteiger partial charge in [-0.2, -0.15) is 0 Å². The minimum atomic E-state index is 0.854. The molecule has 1 aliphatic heterocycles. The van der Waals surface area contributed by atoms with Gasteiger partial charge in [-0.25, -0.2) is 9.97 Å². The molecule has 0 fully saturated rings. The third-order valence-electron chi connectivity index (χ3n) is 3.85. The molecule has 0 spiro atoms. The lowest BCUT2D eigenvalue weighted by atomic mass is 10.1. The first-order valence-electron chi connectivity index (χ1n) is 7.24. The Morgan fingerprint density at radius 1 is 1.19 bits per heavy atom. The Morgan fingerprint density at radius 3 is 2.67 bits per heavy atom. The van der Waals surface area contributed by atoms with Gasteiger partial charge in [-0.05, 0) is 18.1 Å². The van der Waals surface area contributed by atoms with Crippen LogP contribution >= 0.6 is 0 Å². The largest absolute Gasteiger partial charge is 0.369 e. The fourth-order valence-corrected chi connectivity index (χ4v) is 2.88. The van der Waals surface area contributed by atoms with E-state index in [1.807, 2.05) is 23.0 Å². The summed E-state index contributed by atoms with van der Waals surface area (Å²) in [6.07, 6.45) is 5.77. The number of anilines is 2. The first-order chi connectivity index (χ1) is 10.3. The van der Waals surface area contributed by atoms with Crippen molar-refractivity contribution in [1.29, 1.82) is 0 Å². The molecule has 0 radical (unpaired) electrons. The highest BCUT2D eigenvalue weighted by Crippen LogP contribution is 2.29. The molecular weight excluding hydrogens is 262 g/mol. The molecule has 5 nitrogen and oxygen atoms in total. The van der Waals surface area contributed by atoms with Crippen LogP contribution in [0.1, 0.15) is 18.1 Å². The van der Waals surface area contributed by atoms with Gasteiger partial charge in [0, 0.05) is 32.0 Å². The molecule has 0 atom stereocenters. The van der Waals surface area contributed by atoms with Gasteiger partial charge < -0.3 is 14.6 Å². The van der Waals surface area contributed by atoms with Crippen molar-refractivity contribution in [1.82, 2.24) is 14.4 Å². The maximum Gasteiger partial charge on any atom is 0.180 e. The standard InChI is InChI=1S/C16H17N5/c1-2-17-14-11-20-8-7-18-15(20)16(19-14)21-9-12-5-3-4-6-13(12)10-21/h3-8,11,17H,2,9-10H2,1H3. The molecule has 21 heavy (non-hydrogen) atoms. The van der Waals surface area contributed by atoms with Gasteiger partial charge in [-0.15, -0.1) is 0 Å². The molecule has 0 amide bonds. The maximum atomic E-state index is 4.76. The molecular formula is C16H17N5. The van der Waals surface area contributed by atoms with Gasteiger partial charge in [0.05, 0.1) is 6.20 Å². The third kappa shape index (κ3) is 2.01. The van der Waals surface area contributed by atoms with E-state index in [4.69, 9.17) is 4.98 Å². The average molecular weight is 279 g/mol. The first kappa shape index (κ1) is 12.2. The van der Waals surface area contributed by atoms with E-state index in [2.05, 4.69) is 46.4 Å². The van der Waals surface area contributed by atoms with Crippen LogP contribution in [0.2, 0.25) is 0 Å². The Morgan fingerprint density at radius 2 is 1.95 bits per heavy atom. The lowest BCUT2D eigenvalue weighted by Crippen LogP contribution is -2.18. The second-order valence-corrected chi connectivity index (χ2v) is 5.26. The van der Waals surface area contributed by atoms with Crippen molar-refractivity contribution in [3.8, 4) is 0 Å². The summed E-state index contributed by atoms with van der Waals surface area (Å²) in [5, 5.41) is 3.29. The minimum absolute atomic E-state index is 0.854. The van der Waals surface area contributed by atoms with Crippen molar-refractivity contribution in [3.05, 3.63) is 54.0 Å². The number of hydrogen-bond acceptors (Lipinski definition) is 4. The number of benzene rings is 1. The molecule has 4 rings (SSSR count). The fourth-order valence-electron chi connectivity index (χ4n) is 2.88. The molecule has 0 aliphatic carbocycles. The Labute approximate surface area is 123 Å². The zero-order valence-electron chi connectivity index (χ0n) is 12.0. The lowest BCUT2D eigenvalue weighted by molar-refractivity contribution is 0.852. The number of fused-ring (bicyclic) bond motifs is 2. The number of aromatic nitrogens is 3. The van der Waals surface area contributed by atoms with Gasteiger partial charge >= 0.3 is 0 Å². The Bertz CT molecular complexity index is 767. The lowest BCUT2D eigenvalue weighted by Gasteiger charge is -2.18. The Balaban J connectivity index is 1.78. The fraction of sp³-hybridized carbons (Fsp3) is 0.250. The molecule has 106 valence electrons. The summed E-state index contributed by atoms with van der Waals surface area (Å²) in [6, 6.07) is 8.56. The quantitative estimate of drug-likeness (QED) is 0.800. The number of nitrogens with zero attached hydrogens (tertiary/aromatic N) is 4. The van der Waals surface area contributed by atoms with E-state index in [1.165, 1.54) is 11.1 Å². The van der Waals surface area contributed by atoms with Gasteiger partial charge in [0.25, 0.3) is 0 Å². The summed E-state index contributed by atoms with van der Waals surface area (Å²) >= 11 is 0. The highest BCUT2D eigenvalue weighted by molar-refractivity contribution is 5.68. The van der Waals surface area contributed by atoms with E-state index in [9.17, 15) is 0 Å². The highest BCUT2D eigenvalue weighted by Gasteiger charge is 2.22. The average Bonchev–Trinajstić information content (AvgIpc) is 3.12. The summed E-state index contributed by atoms with van der Waals surface area (Å²) in [7, 11) is 0. The van der Waals surface area contributed by atoms with E-state index in [0.29, 0.717) is 0 Å². The molecule has 5 heteroatoms. The monoisotopic (exact) mass is 279 g/mol. The number of nitrogens with one attached hydrogen (secondary N) is 1. The van der Waals surface area contributed by atoms with E-state index in [1.54, 1.807) is 0 Å². The Hall–Kier alpha value is -2.56. The van der Waals surface area contributed by atoms with Gasteiger partial charge in [-0.1, -0.05) is 24.3 Å². The van der Waals surface area contributed by atoms with Crippen LogP contribution in [0.4, 0.5) is 11.6 Å². The second-order valence-electron chi connectivity index (χ2n) is 5.26. The number of imidazole rings is 1. The van der Waals surface area contributed by atoms with Crippen molar-refractivity contribution in [2.75, 3.05) is 16.8 Å². The van der Waals surface area contributed by atoms with Crippen LogP contribution in [0.3, 0.4) is 0 Å². The highest BCUT2D eigenvalue weighted by atomic mass is 15.2. The van der Waals surface area contributed by atoms with Crippen LogP contribution < -0.4 is 10.2 Å². The molecule has 3 heterocycles. The predicted octanol–water partition coefficient (Wildman–Crippen LogP) is 2.68. The van der Waals surface area contributed by atoms with Gasteiger partial charge in [0.2, 0.25) is 0 Å². The smallest absolute Gasteiger partial charge is 0.180 e. The van der Waals surface area contributed by atoms with E-state index in [-0.39, 0.29) is 0 Å². The molecule has 3 aromatic rings. The van der Waals surface area contributed by atoms with Crippen LogP contribution in [0.5, 0.6) is 0 Å². The summed E-state index contributed by atoms with van der Waals surface area (Å²) in [4.78, 5) is 11.5. The van der Waals surface area contributed by atoms with E-state index >= 15 is 0 Å². The van der Waals surface area contributed by atoms with Crippen molar-refractivity contribution in [2.45, 2.75) is 20.0 Å². The zero-order chi connectivity index (χ0) is 14.2. The second kappa shape index (κ2) is 4.77. The molecule has 0 saturated carbocycles.